The maximum Gasteiger partial charge on any atom is 0.419 e. The third-order valence-electron chi connectivity index (χ3n) is 3.87. The summed E-state index contributed by atoms with van der Waals surface area (Å²) in [5.74, 6) is -1.23. The van der Waals surface area contributed by atoms with Gasteiger partial charge in [-0.05, 0) is 42.6 Å². The van der Waals surface area contributed by atoms with Crippen molar-refractivity contribution in [3.63, 3.8) is 0 Å². The summed E-state index contributed by atoms with van der Waals surface area (Å²) in [6, 6.07) is 3.19. The van der Waals surface area contributed by atoms with Gasteiger partial charge in [-0.1, -0.05) is 13.0 Å². The summed E-state index contributed by atoms with van der Waals surface area (Å²) >= 11 is 0. The number of rotatable bonds is 3. The molecule has 0 spiro atoms. The first-order chi connectivity index (χ1) is 9.23. The molecule has 1 aliphatic rings. The molecule has 0 radical (unpaired) electrons. The number of likely N-dealkylation sites (tertiary alicyclic amines) is 1. The molecular formula is C14H19ClF4N2. The summed E-state index contributed by atoms with van der Waals surface area (Å²) in [4.78, 5) is 2.06. The molecule has 1 aromatic carbocycles. The van der Waals surface area contributed by atoms with Crippen molar-refractivity contribution in [3.05, 3.63) is 35.1 Å². The zero-order valence-electron chi connectivity index (χ0n) is 11.7. The largest absolute Gasteiger partial charge is 0.419 e. The van der Waals surface area contributed by atoms with E-state index in [4.69, 9.17) is 5.73 Å². The molecular weight excluding hydrogens is 308 g/mol. The van der Waals surface area contributed by atoms with Crippen LogP contribution in [0, 0.1) is 11.2 Å². The topological polar surface area (TPSA) is 29.3 Å². The van der Waals surface area contributed by atoms with Crippen LogP contribution in [0.2, 0.25) is 0 Å². The van der Waals surface area contributed by atoms with Crippen LogP contribution in [0.5, 0.6) is 0 Å². The molecule has 1 fully saturated rings. The van der Waals surface area contributed by atoms with Crippen LogP contribution in [0.25, 0.3) is 0 Å². The maximum atomic E-state index is 13.2. The van der Waals surface area contributed by atoms with Crippen LogP contribution in [-0.4, -0.2) is 24.5 Å². The molecule has 1 aromatic rings. The Labute approximate surface area is 127 Å². The van der Waals surface area contributed by atoms with Gasteiger partial charge in [0.25, 0.3) is 0 Å². The van der Waals surface area contributed by atoms with Crippen LogP contribution < -0.4 is 5.73 Å². The Hall–Kier alpha value is -0.850. The van der Waals surface area contributed by atoms with Crippen LogP contribution in [0.4, 0.5) is 17.6 Å². The smallest absolute Gasteiger partial charge is 0.330 e. The summed E-state index contributed by atoms with van der Waals surface area (Å²) in [7, 11) is 0. The fraction of sp³-hybridized carbons (Fsp3) is 0.571. The van der Waals surface area contributed by atoms with Gasteiger partial charge in [-0.3, -0.25) is 4.90 Å². The van der Waals surface area contributed by atoms with Gasteiger partial charge in [0, 0.05) is 13.1 Å². The second kappa shape index (κ2) is 6.50. The van der Waals surface area contributed by atoms with E-state index < -0.39 is 17.6 Å². The van der Waals surface area contributed by atoms with E-state index in [1.54, 1.807) is 0 Å². The van der Waals surface area contributed by atoms with Gasteiger partial charge in [0.05, 0.1) is 5.56 Å². The number of benzene rings is 1. The Morgan fingerprint density at radius 2 is 2.00 bits per heavy atom. The molecule has 120 valence electrons. The molecule has 1 unspecified atom stereocenters. The quantitative estimate of drug-likeness (QED) is 0.862. The Balaban J connectivity index is 0.00000220. The molecule has 7 heteroatoms. The van der Waals surface area contributed by atoms with Crippen LogP contribution >= 0.6 is 12.4 Å². The Bertz CT molecular complexity index is 492. The van der Waals surface area contributed by atoms with E-state index in [9.17, 15) is 17.6 Å². The number of nitrogens with zero attached hydrogens (tertiary/aromatic N) is 1. The van der Waals surface area contributed by atoms with Crippen molar-refractivity contribution in [2.24, 2.45) is 11.1 Å². The molecule has 0 saturated carbocycles. The molecule has 0 amide bonds. The van der Waals surface area contributed by atoms with Crippen molar-refractivity contribution in [3.8, 4) is 0 Å². The van der Waals surface area contributed by atoms with Gasteiger partial charge in [0.1, 0.15) is 5.82 Å². The molecule has 0 aromatic heterocycles. The first-order valence-electron chi connectivity index (χ1n) is 6.52. The lowest BCUT2D eigenvalue weighted by molar-refractivity contribution is -0.140. The fourth-order valence-corrected chi connectivity index (χ4v) is 2.57. The van der Waals surface area contributed by atoms with Gasteiger partial charge in [0.2, 0.25) is 0 Å². The first-order valence-corrected chi connectivity index (χ1v) is 6.52. The van der Waals surface area contributed by atoms with Gasteiger partial charge < -0.3 is 5.73 Å². The number of halogens is 5. The molecule has 1 atom stereocenters. The minimum atomic E-state index is -4.66. The number of hydrogen-bond donors (Lipinski definition) is 1. The van der Waals surface area contributed by atoms with E-state index in [1.807, 2.05) is 0 Å². The summed E-state index contributed by atoms with van der Waals surface area (Å²) in [6.45, 7) is 4.56. The van der Waals surface area contributed by atoms with E-state index in [2.05, 4.69) is 11.8 Å². The molecule has 1 heterocycles. The zero-order valence-corrected chi connectivity index (χ0v) is 12.5. The van der Waals surface area contributed by atoms with E-state index in [-0.39, 0.29) is 17.8 Å². The predicted molar refractivity (Wildman–Crippen MR) is 75.7 cm³/mol. The van der Waals surface area contributed by atoms with Crippen LogP contribution in [-0.2, 0) is 12.7 Å². The third kappa shape index (κ3) is 4.31. The average Bonchev–Trinajstić information content (AvgIpc) is 2.73. The Kier molecular flexibility index (Phi) is 5.63. The highest BCUT2D eigenvalue weighted by atomic mass is 35.5. The second-order valence-electron chi connectivity index (χ2n) is 5.79. The second-order valence-corrected chi connectivity index (χ2v) is 5.79. The first kappa shape index (κ1) is 18.2. The maximum absolute atomic E-state index is 13.2. The zero-order chi connectivity index (χ0) is 15.0. The molecule has 2 N–H and O–H groups in total. The predicted octanol–water partition coefficient (Wildman–Crippen LogP) is 3.44. The highest BCUT2D eigenvalue weighted by Gasteiger charge is 2.35. The number of nitrogens with two attached hydrogens (primary N) is 1. The lowest BCUT2D eigenvalue weighted by Crippen LogP contribution is -2.31. The molecule has 2 rings (SSSR count). The third-order valence-corrected chi connectivity index (χ3v) is 3.87. The van der Waals surface area contributed by atoms with Gasteiger partial charge in [-0.2, -0.15) is 13.2 Å². The average molecular weight is 327 g/mol. The monoisotopic (exact) mass is 326 g/mol. The molecule has 0 bridgehead atoms. The molecule has 21 heavy (non-hydrogen) atoms. The van der Waals surface area contributed by atoms with Crippen LogP contribution in [0.15, 0.2) is 18.2 Å². The van der Waals surface area contributed by atoms with E-state index >= 15 is 0 Å². The van der Waals surface area contributed by atoms with Gasteiger partial charge in [-0.25, -0.2) is 4.39 Å². The van der Waals surface area contributed by atoms with Crippen molar-refractivity contribution in [1.29, 1.82) is 0 Å². The van der Waals surface area contributed by atoms with Crippen molar-refractivity contribution in [2.75, 3.05) is 19.6 Å². The summed E-state index contributed by atoms with van der Waals surface area (Å²) in [5.41, 5.74) is 4.99. The molecule has 2 nitrogen and oxygen atoms in total. The Morgan fingerprint density at radius 3 is 2.52 bits per heavy atom. The van der Waals surface area contributed by atoms with E-state index in [0.29, 0.717) is 18.7 Å². The standard InChI is InChI=1S/C14H18F4N2.ClH/c1-13(8-19)4-5-20(9-13)7-10-2-3-12(15)11(6-10)14(16,17)18;/h2-3,6H,4-5,7-9,19H2,1H3;1H. The number of alkyl halides is 3. The normalized spacial score (nSPS) is 23.1. The lowest BCUT2D eigenvalue weighted by Gasteiger charge is -2.22. The minimum Gasteiger partial charge on any atom is -0.330 e. The van der Waals surface area contributed by atoms with Crippen molar-refractivity contribution >= 4 is 12.4 Å². The summed E-state index contributed by atoms with van der Waals surface area (Å²) in [5, 5.41) is 0. The van der Waals surface area contributed by atoms with Crippen LogP contribution in [0.1, 0.15) is 24.5 Å². The minimum absolute atomic E-state index is 0. The molecule has 0 aliphatic carbocycles. The van der Waals surface area contributed by atoms with Crippen molar-refractivity contribution < 1.29 is 17.6 Å². The van der Waals surface area contributed by atoms with Crippen molar-refractivity contribution in [2.45, 2.75) is 26.1 Å². The lowest BCUT2D eigenvalue weighted by atomic mass is 9.90. The number of hydrogen-bond acceptors (Lipinski definition) is 2. The summed E-state index contributed by atoms with van der Waals surface area (Å²) in [6.07, 6.45) is -3.73. The highest BCUT2D eigenvalue weighted by molar-refractivity contribution is 5.85. The summed E-state index contributed by atoms with van der Waals surface area (Å²) < 4.78 is 51.2. The van der Waals surface area contributed by atoms with Crippen molar-refractivity contribution in [1.82, 2.24) is 4.90 Å². The van der Waals surface area contributed by atoms with Gasteiger partial charge in [0.15, 0.2) is 0 Å². The van der Waals surface area contributed by atoms with E-state index in [1.165, 1.54) is 6.07 Å². The van der Waals surface area contributed by atoms with E-state index in [0.717, 1.165) is 31.6 Å². The SMILES string of the molecule is CC1(CN)CCN(Cc2ccc(F)c(C(F)(F)F)c2)C1.Cl. The van der Waals surface area contributed by atoms with Gasteiger partial charge >= 0.3 is 6.18 Å². The fourth-order valence-electron chi connectivity index (χ4n) is 2.57. The van der Waals surface area contributed by atoms with Gasteiger partial charge in [-0.15, -0.1) is 12.4 Å². The highest BCUT2D eigenvalue weighted by Crippen LogP contribution is 2.33. The molecule has 1 aliphatic heterocycles. The molecule has 1 saturated heterocycles. The van der Waals surface area contributed by atoms with Crippen LogP contribution in [0.3, 0.4) is 0 Å². The Morgan fingerprint density at radius 1 is 1.33 bits per heavy atom.